The van der Waals surface area contributed by atoms with Gasteiger partial charge in [-0.05, 0) is 59.7 Å². The molecule has 1 aliphatic rings. The smallest absolute Gasteiger partial charge is 0.310 e. The molecular weight excluding hydrogens is 511 g/mol. The van der Waals surface area contributed by atoms with Gasteiger partial charge in [0.15, 0.2) is 0 Å². The monoisotopic (exact) mass is 540 g/mol. The second kappa shape index (κ2) is 12.3. The summed E-state index contributed by atoms with van der Waals surface area (Å²) < 4.78 is 31.7. The van der Waals surface area contributed by atoms with Gasteiger partial charge in [0.1, 0.15) is 36.6 Å². The summed E-state index contributed by atoms with van der Waals surface area (Å²) in [5.41, 5.74) is 2.76. The van der Waals surface area contributed by atoms with Crippen LogP contribution in [0.25, 0.3) is 0 Å². The van der Waals surface area contributed by atoms with Crippen LogP contribution in [0.4, 0.5) is 15.8 Å². The lowest BCUT2D eigenvalue weighted by Crippen LogP contribution is -2.41. The minimum atomic E-state index is -0.603. The Hall–Kier alpha value is -4.85. The van der Waals surface area contributed by atoms with Gasteiger partial charge in [-0.15, -0.1) is 0 Å². The van der Waals surface area contributed by atoms with E-state index in [0.29, 0.717) is 30.0 Å². The number of esters is 1. The molecule has 1 N–H and O–H groups in total. The molecule has 0 saturated heterocycles. The zero-order valence-corrected chi connectivity index (χ0v) is 22.0. The Morgan fingerprint density at radius 2 is 1.70 bits per heavy atom. The van der Waals surface area contributed by atoms with Gasteiger partial charge in [0.25, 0.3) is 5.91 Å². The van der Waals surface area contributed by atoms with Crippen LogP contribution in [0.3, 0.4) is 0 Å². The molecule has 5 rings (SSSR count). The lowest BCUT2D eigenvalue weighted by Gasteiger charge is -2.33. The normalized spacial score (nSPS) is 14.1. The van der Waals surface area contributed by atoms with Crippen LogP contribution in [0.2, 0.25) is 0 Å². The van der Waals surface area contributed by atoms with E-state index in [-0.39, 0.29) is 24.8 Å². The fourth-order valence-corrected chi connectivity index (χ4v) is 4.40. The number of rotatable bonds is 9. The van der Waals surface area contributed by atoms with Gasteiger partial charge in [-0.3, -0.25) is 9.59 Å². The number of carbonyl (C=O) groups is 2. The molecule has 204 valence electrons. The summed E-state index contributed by atoms with van der Waals surface area (Å²) in [6.07, 6.45) is -0.192. The number of amides is 1. The van der Waals surface area contributed by atoms with Crippen molar-refractivity contribution in [3.05, 3.63) is 120 Å². The number of anilines is 2. The molecule has 1 amide bonds. The first-order chi connectivity index (χ1) is 19.4. The molecule has 0 aromatic heterocycles. The second-order valence-corrected chi connectivity index (χ2v) is 9.51. The van der Waals surface area contributed by atoms with E-state index in [2.05, 4.69) is 10.2 Å². The molecular formula is C32H29FN2O5. The number of halogens is 1. The molecule has 0 bridgehead atoms. The van der Waals surface area contributed by atoms with E-state index in [0.717, 1.165) is 17.0 Å². The fraction of sp³-hybridized carbons (Fsp3) is 0.188. The third-order valence-electron chi connectivity index (χ3n) is 6.47. The van der Waals surface area contributed by atoms with E-state index in [1.807, 2.05) is 61.6 Å². The third kappa shape index (κ3) is 6.77. The largest absolute Gasteiger partial charge is 0.490 e. The Morgan fingerprint density at radius 3 is 2.50 bits per heavy atom. The van der Waals surface area contributed by atoms with Gasteiger partial charge >= 0.3 is 5.97 Å². The lowest BCUT2D eigenvalue weighted by molar-refractivity contribution is -0.144. The number of benzene rings is 4. The van der Waals surface area contributed by atoms with Crippen LogP contribution < -0.4 is 19.7 Å². The second-order valence-electron chi connectivity index (χ2n) is 9.51. The van der Waals surface area contributed by atoms with Crippen LogP contribution in [0.1, 0.15) is 21.5 Å². The predicted molar refractivity (Wildman–Crippen MR) is 150 cm³/mol. The molecule has 8 heteroatoms. The summed E-state index contributed by atoms with van der Waals surface area (Å²) in [5.74, 6) is -0.129. The zero-order valence-electron chi connectivity index (χ0n) is 22.0. The van der Waals surface area contributed by atoms with Crippen molar-refractivity contribution in [3.63, 3.8) is 0 Å². The Bertz CT molecular complexity index is 1480. The molecule has 1 atom stereocenters. The first-order valence-corrected chi connectivity index (χ1v) is 12.9. The van der Waals surface area contributed by atoms with Crippen LogP contribution >= 0.6 is 0 Å². The highest BCUT2D eigenvalue weighted by Gasteiger charge is 2.23. The van der Waals surface area contributed by atoms with Crippen molar-refractivity contribution in [2.24, 2.45) is 0 Å². The summed E-state index contributed by atoms with van der Waals surface area (Å²) in [6, 6.07) is 27.9. The summed E-state index contributed by atoms with van der Waals surface area (Å²) in [6.45, 7) is 1.19. The van der Waals surface area contributed by atoms with Crippen LogP contribution in [0.5, 0.6) is 11.5 Å². The molecule has 40 heavy (non-hydrogen) atoms. The van der Waals surface area contributed by atoms with E-state index in [9.17, 15) is 14.0 Å². The first kappa shape index (κ1) is 26.7. The number of para-hydroxylation sites is 2. The van der Waals surface area contributed by atoms with E-state index in [1.165, 1.54) is 18.2 Å². The van der Waals surface area contributed by atoms with Gasteiger partial charge < -0.3 is 24.4 Å². The van der Waals surface area contributed by atoms with Gasteiger partial charge in [-0.1, -0.05) is 48.5 Å². The van der Waals surface area contributed by atoms with Gasteiger partial charge in [-0.25, -0.2) is 4.39 Å². The minimum absolute atomic E-state index is 0.0162. The topological polar surface area (TPSA) is 77.1 Å². The molecule has 7 nitrogen and oxygen atoms in total. The van der Waals surface area contributed by atoms with Crippen LogP contribution in [0, 0.1) is 5.82 Å². The van der Waals surface area contributed by atoms with E-state index >= 15 is 0 Å². The summed E-state index contributed by atoms with van der Waals surface area (Å²) in [4.78, 5) is 27.2. The average Bonchev–Trinajstić information content (AvgIpc) is 2.97. The van der Waals surface area contributed by atoms with E-state index < -0.39 is 17.7 Å². The summed E-state index contributed by atoms with van der Waals surface area (Å²) in [5, 5.41) is 2.58. The number of likely N-dealkylation sites (N-methyl/N-ethyl adjacent to an activating group) is 1. The summed E-state index contributed by atoms with van der Waals surface area (Å²) in [7, 11) is 2.01. The number of hydrogen-bond acceptors (Lipinski definition) is 6. The van der Waals surface area contributed by atoms with Gasteiger partial charge in [-0.2, -0.15) is 0 Å². The molecule has 0 aliphatic carbocycles. The maximum absolute atomic E-state index is 14.4. The first-order valence-electron chi connectivity index (χ1n) is 12.9. The molecule has 4 aromatic carbocycles. The van der Waals surface area contributed by atoms with Crippen molar-refractivity contribution in [3.8, 4) is 11.5 Å². The number of hydrogen-bond donors (Lipinski definition) is 1. The number of nitrogens with one attached hydrogen (secondary N) is 1. The van der Waals surface area contributed by atoms with Crippen molar-refractivity contribution in [1.29, 1.82) is 0 Å². The zero-order chi connectivity index (χ0) is 27.9. The van der Waals surface area contributed by atoms with Crippen LogP contribution in [0.15, 0.2) is 97.1 Å². The van der Waals surface area contributed by atoms with Crippen molar-refractivity contribution in [2.45, 2.75) is 19.1 Å². The maximum atomic E-state index is 14.4. The van der Waals surface area contributed by atoms with Gasteiger partial charge in [0.05, 0.1) is 24.3 Å². The SMILES string of the molecule is CN1C[C@@H](COc2ccc(C(=O)Nc3cc(CC(=O)OCc4ccccc4)ccc3F)cc2)Oc2ccccc21. The molecule has 0 radical (unpaired) electrons. The molecule has 0 spiro atoms. The molecule has 1 aliphatic heterocycles. The molecule has 0 unspecified atom stereocenters. The van der Waals surface area contributed by atoms with Crippen molar-refractivity contribution in [2.75, 3.05) is 30.4 Å². The summed E-state index contributed by atoms with van der Waals surface area (Å²) >= 11 is 0. The van der Waals surface area contributed by atoms with Crippen LogP contribution in [-0.2, 0) is 22.6 Å². The number of nitrogens with zero attached hydrogens (tertiary/aromatic N) is 1. The number of fused-ring (bicyclic) bond motifs is 1. The number of carbonyl (C=O) groups excluding carboxylic acids is 2. The molecule has 4 aromatic rings. The molecule has 0 saturated carbocycles. The molecule has 0 fully saturated rings. The average molecular weight is 541 g/mol. The molecule has 1 heterocycles. The van der Waals surface area contributed by atoms with Gasteiger partial charge in [0.2, 0.25) is 0 Å². The predicted octanol–water partition coefficient (Wildman–Crippen LogP) is 5.64. The van der Waals surface area contributed by atoms with Gasteiger partial charge in [0, 0.05) is 12.6 Å². The lowest BCUT2D eigenvalue weighted by atomic mass is 10.1. The fourth-order valence-electron chi connectivity index (χ4n) is 4.40. The third-order valence-corrected chi connectivity index (χ3v) is 6.47. The highest BCUT2D eigenvalue weighted by Crippen LogP contribution is 2.32. The van der Waals surface area contributed by atoms with Crippen molar-refractivity contribution in [1.82, 2.24) is 0 Å². The van der Waals surface area contributed by atoms with Crippen molar-refractivity contribution < 1.29 is 28.2 Å². The van der Waals surface area contributed by atoms with E-state index in [4.69, 9.17) is 14.2 Å². The Kier molecular flexibility index (Phi) is 8.25. The minimum Gasteiger partial charge on any atom is -0.490 e. The maximum Gasteiger partial charge on any atom is 0.310 e. The number of ether oxygens (including phenoxy) is 3. The van der Waals surface area contributed by atoms with Crippen molar-refractivity contribution >= 4 is 23.3 Å². The van der Waals surface area contributed by atoms with E-state index in [1.54, 1.807) is 24.3 Å². The Labute approximate surface area is 232 Å². The highest BCUT2D eigenvalue weighted by atomic mass is 19.1. The van der Waals surface area contributed by atoms with Crippen LogP contribution in [-0.4, -0.2) is 38.2 Å². The Balaban J connectivity index is 1.13. The quantitative estimate of drug-likeness (QED) is 0.277. The highest BCUT2D eigenvalue weighted by molar-refractivity contribution is 6.04. The Morgan fingerprint density at radius 1 is 0.950 bits per heavy atom. The standard InChI is InChI=1S/C32H29FN2O5/c1-35-19-26(40-30-10-6-5-9-29(30)35)21-38-25-14-12-24(13-15-25)32(37)34-28-17-23(11-16-27(28)33)18-31(36)39-20-22-7-3-2-4-8-22/h2-17,26H,18-21H2,1H3,(H,34,37)/t26-/m0/s1.